The van der Waals surface area contributed by atoms with Crippen LogP contribution in [0.15, 0.2) is 115 Å². The zero-order valence-corrected chi connectivity index (χ0v) is 29.8. The number of hydrogen-bond donors (Lipinski definition) is 2. The van der Waals surface area contributed by atoms with Crippen molar-refractivity contribution in [2.75, 3.05) is 26.2 Å². The summed E-state index contributed by atoms with van der Waals surface area (Å²) in [4.78, 5) is 54.0. The average Bonchev–Trinajstić information content (AvgIpc) is 3.14. The van der Waals surface area contributed by atoms with Crippen LogP contribution in [0, 0.1) is 11.8 Å². The van der Waals surface area contributed by atoms with Gasteiger partial charge in [0.25, 0.3) is 0 Å². The van der Waals surface area contributed by atoms with E-state index in [-0.39, 0.29) is 50.5 Å². The number of carbonyl (C=O) groups excluding carboxylic acids is 4. The van der Waals surface area contributed by atoms with Crippen LogP contribution in [0.5, 0.6) is 0 Å². The molecule has 0 bridgehead atoms. The summed E-state index contributed by atoms with van der Waals surface area (Å²) in [6.45, 7) is 6.09. The molecule has 0 heterocycles. The molecule has 0 aromatic heterocycles. The monoisotopic (exact) mass is 691 g/mol. The fourth-order valence-electron chi connectivity index (χ4n) is 5.68. The molecule has 0 aliphatic rings. The van der Waals surface area contributed by atoms with E-state index in [1.54, 1.807) is 4.90 Å². The van der Waals surface area contributed by atoms with Crippen molar-refractivity contribution in [3.63, 3.8) is 0 Å². The zero-order chi connectivity index (χ0) is 36.4. The fourth-order valence-corrected chi connectivity index (χ4v) is 5.68. The molecule has 1 unspecified atom stereocenters. The number of amides is 3. The molecule has 2 atom stereocenters. The van der Waals surface area contributed by atoms with Crippen LogP contribution in [0.1, 0.15) is 43.9 Å². The molecular weight excluding hydrogens is 642 g/mol. The SMILES string of the molecule is CC(=O)NCCOC(=O)[C@H](Cc1ccc(-c2ccccc2)cc1)NC(=O)N(CC(C)C)CC(CCc1ccccc1)C(=O)OCc1ccccc1. The fraction of sp³-hybridized carbons (Fsp3) is 0.333. The van der Waals surface area contributed by atoms with Crippen LogP contribution in [-0.4, -0.2) is 61.1 Å². The Bertz CT molecular complexity index is 1660. The first kappa shape index (κ1) is 38.4. The third-order valence-corrected chi connectivity index (χ3v) is 8.30. The normalized spacial score (nSPS) is 12.0. The molecule has 0 aliphatic heterocycles. The molecule has 0 fully saturated rings. The Morgan fingerprint density at radius 2 is 1.25 bits per heavy atom. The van der Waals surface area contributed by atoms with Crippen molar-refractivity contribution in [1.29, 1.82) is 0 Å². The second kappa shape index (κ2) is 20.3. The maximum absolute atomic E-state index is 14.1. The van der Waals surface area contributed by atoms with Crippen molar-refractivity contribution in [2.24, 2.45) is 11.8 Å². The van der Waals surface area contributed by atoms with E-state index in [1.165, 1.54) is 6.92 Å². The number of carbonyl (C=O) groups is 4. The van der Waals surface area contributed by atoms with Gasteiger partial charge in [0.05, 0.1) is 12.5 Å². The van der Waals surface area contributed by atoms with Crippen LogP contribution in [0.4, 0.5) is 4.79 Å². The molecule has 0 radical (unpaired) electrons. The van der Waals surface area contributed by atoms with Gasteiger partial charge >= 0.3 is 18.0 Å². The van der Waals surface area contributed by atoms with Crippen LogP contribution in [0.25, 0.3) is 11.1 Å². The van der Waals surface area contributed by atoms with Crippen molar-refractivity contribution in [2.45, 2.75) is 52.7 Å². The summed E-state index contributed by atoms with van der Waals surface area (Å²) in [5, 5.41) is 5.53. The summed E-state index contributed by atoms with van der Waals surface area (Å²) in [5.41, 5.74) is 4.89. The second-order valence-corrected chi connectivity index (χ2v) is 13.0. The second-order valence-electron chi connectivity index (χ2n) is 13.0. The number of rotatable bonds is 18. The highest BCUT2D eigenvalue weighted by Crippen LogP contribution is 2.21. The van der Waals surface area contributed by atoms with Gasteiger partial charge in [-0.15, -0.1) is 0 Å². The lowest BCUT2D eigenvalue weighted by molar-refractivity contribution is -0.151. The van der Waals surface area contributed by atoms with E-state index in [1.807, 2.05) is 129 Å². The van der Waals surface area contributed by atoms with Crippen molar-refractivity contribution >= 4 is 23.9 Å². The molecule has 0 aliphatic carbocycles. The smallest absolute Gasteiger partial charge is 0.329 e. The molecule has 2 N–H and O–H groups in total. The van der Waals surface area contributed by atoms with E-state index in [0.717, 1.165) is 27.8 Å². The molecule has 3 amide bonds. The molecule has 9 heteroatoms. The minimum atomic E-state index is -1.01. The van der Waals surface area contributed by atoms with Gasteiger partial charge in [-0.2, -0.15) is 0 Å². The van der Waals surface area contributed by atoms with Gasteiger partial charge < -0.3 is 25.0 Å². The molecule has 0 saturated carbocycles. The van der Waals surface area contributed by atoms with Crippen molar-refractivity contribution in [3.8, 4) is 11.1 Å². The predicted molar refractivity (Wildman–Crippen MR) is 198 cm³/mol. The topological polar surface area (TPSA) is 114 Å². The molecule has 4 aromatic rings. The molecule has 0 saturated heterocycles. The third-order valence-electron chi connectivity index (χ3n) is 8.30. The quantitative estimate of drug-likeness (QED) is 0.0898. The lowest BCUT2D eigenvalue weighted by Gasteiger charge is -2.30. The van der Waals surface area contributed by atoms with Gasteiger partial charge in [0.1, 0.15) is 19.3 Å². The summed E-state index contributed by atoms with van der Waals surface area (Å²) in [6, 6.07) is 35.7. The van der Waals surface area contributed by atoms with E-state index in [0.29, 0.717) is 19.4 Å². The van der Waals surface area contributed by atoms with Gasteiger partial charge in [0.2, 0.25) is 5.91 Å². The van der Waals surface area contributed by atoms with E-state index in [9.17, 15) is 19.2 Å². The third kappa shape index (κ3) is 13.4. The molecule has 4 rings (SSSR count). The molecule has 268 valence electrons. The largest absolute Gasteiger partial charge is 0.462 e. The first-order valence-corrected chi connectivity index (χ1v) is 17.5. The van der Waals surface area contributed by atoms with Crippen LogP contribution < -0.4 is 10.6 Å². The van der Waals surface area contributed by atoms with Crippen LogP contribution in [0.3, 0.4) is 0 Å². The number of benzene rings is 4. The van der Waals surface area contributed by atoms with Crippen LogP contribution >= 0.6 is 0 Å². The highest BCUT2D eigenvalue weighted by Gasteiger charge is 2.30. The lowest BCUT2D eigenvalue weighted by atomic mass is 9.98. The van der Waals surface area contributed by atoms with Crippen molar-refractivity contribution < 1.29 is 28.7 Å². The number of esters is 2. The molecule has 9 nitrogen and oxygen atoms in total. The first-order chi connectivity index (χ1) is 24.7. The Kier molecular flexibility index (Phi) is 15.3. The Labute approximate surface area is 301 Å². The van der Waals surface area contributed by atoms with E-state index < -0.39 is 24.0 Å². The van der Waals surface area contributed by atoms with Crippen molar-refractivity contribution in [1.82, 2.24) is 15.5 Å². The number of nitrogens with zero attached hydrogens (tertiary/aromatic N) is 1. The van der Waals surface area contributed by atoms with E-state index in [4.69, 9.17) is 9.47 Å². The lowest BCUT2D eigenvalue weighted by Crippen LogP contribution is -2.52. The van der Waals surface area contributed by atoms with Gasteiger partial charge in [-0.3, -0.25) is 9.59 Å². The Morgan fingerprint density at radius 1 is 0.667 bits per heavy atom. The van der Waals surface area contributed by atoms with Gasteiger partial charge in [0, 0.05) is 26.4 Å². The molecule has 4 aromatic carbocycles. The number of urea groups is 1. The Morgan fingerprint density at radius 3 is 1.86 bits per heavy atom. The standard InChI is InChI=1S/C42H49N3O6/c1-31(2)28-45(29-38(24-19-33-13-7-4-8-14-33)40(47)51-30-35-15-9-5-10-16-35)42(49)44-39(41(48)50-26-25-43-32(3)46)27-34-20-22-37(23-21-34)36-17-11-6-12-18-36/h4-18,20-23,31,38-39H,19,24-30H2,1-3H3,(H,43,46)(H,44,49)/t38?,39-/m0/s1. The predicted octanol–water partition coefficient (Wildman–Crippen LogP) is 6.60. The van der Waals surface area contributed by atoms with Gasteiger partial charge in [-0.25, -0.2) is 9.59 Å². The minimum Gasteiger partial charge on any atom is -0.462 e. The molecular formula is C42H49N3O6. The summed E-state index contributed by atoms with van der Waals surface area (Å²) in [7, 11) is 0. The summed E-state index contributed by atoms with van der Waals surface area (Å²) >= 11 is 0. The highest BCUT2D eigenvalue weighted by molar-refractivity contribution is 5.84. The molecule has 0 spiro atoms. The number of hydrogen-bond acceptors (Lipinski definition) is 6. The van der Waals surface area contributed by atoms with Gasteiger partial charge in [-0.1, -0.05) is 129 Å². The first-order valence-electron chi connectivity index (χ1n) is 17.5. The van der Waals surface area contributed by atoms with E-state index >= 15 is 0 Å². The molecule has 51 heavy (non-hydrogen) atoms. The zero-order valence-electron chi connectivity index (χ0n) is 29.8. The Hall–Kier alpha value is -5.44. The summed E-state index contributed by atoms with van der Waals surface area (Å²) < 4.78 is 11.3. The number of ether oxygens (including phenoxy) is 2. The van der Waals surface area contributed by atoms with E-state index in [2.05, 4.69) is 10.6 Å². The van der Waals surface area contributed by atoms with Crippen LogP contribution in [-0.2, 0) is 43.3 Å². The average molecular weight is 692 g/mol. The van der Waals surface area contributed by atoms with Crippen LogP contribution in [0.2, 0.25) is 0 Å². The maximum Gasteiger partial charge on any atom is 0.329 e. The Balaban J connectivity index is 1.52. The van der Waals surface area contributed by atoms with Crippen molar-refractivity contribution in [3.05, 3.63) is 132 Å². The maximum atomic E-state index is 14.1. The minimum absolute atomic E-state index is 0.0394. The highest BCUT2D eigenvalue weighted by atomic mass is 16.5. The van der Waals surface area contributed by atoms with Gasteiger partial charge in [-0.05, 0) is 46.6 Å². The number of nitrogens with one attached hydrogen (secondary N) is 2. The summed E-state index contributed by atoms with van der Waals surface area (Å²) in [5.74, 6) is -1.76. The number of aryl methyl sites for hydroxylation is 1. The van der Waals surface area contributed by atoms with Gasteiger partial charge in [0.15, 0.2) is 0 Å². The summed E-state index contributed by atoms with van der Waals surface area (Å²) in [6.07, 6.45) is 1.29.